The molecule has 0 aliphatic heterocycles. The Morgan fingerprint density at radius 2 is 0.908 bits per heavy atom. The maximum atomic E-state index is 2.51. The van der Waals surface area contributed by atoms with Gasteiger partial charge in [-0.25, -0.2) is 0 Å². The summed E-state index contributed by atoms with van der Waals surface area (Å²) < 4.78 is 2.40. The summed E-state index contributed by atoms with van der Waals surface area (Å²) in [5.41, 5.74) is 20.3. The molecule has 2 aliphatic rings. The predicted octanol–water partition coefficient (Wildman–Crippen LogP) is 17.2. The van der Waals surface area contributed by atoms with Gasteiger partial charge in [0.25, 0.3) is 0 Å². The number of rotatable bonds is 7. The van der Waals surface area contributed by atoms with Crippen LogP contribution >= 0.6 is 0 Å². The number of benzene rings is 10. The summed E-state index contributed by atoms with van der Waals surface area (Å²) in [6.45, 7) is 0. The molecular formula is C63H46N2. The van der Waals surface area contributed by atoms with E-state index in [0.29, 0.717) is 0 Å². The number of anilines is 3. The smallest absolute Gasteiger partial charge is 0.0547 e. The normalized spacial score (nSPS) is 13.7. The average molecular weight is 831 g/mol. The van der Waals surface area contributed by atoms with Crippen molar-refractivity contribution < 1.29 is 0 Å². The summed E-state index contributed by atoms with van der Waals surface area (Å²) in [5, 5.41) is 5.00. The molecule has 0 atom stereocenters. The van der Waals surface area contributed by atoms with Gasteiger partial charge in [-0.05, 0) is 134 Å². The zero-order valence-electron chi connectivity index (χ0n) is 36.2. The first-order valence-electron chi connectivity index (χ1n) is 23.1. The highest BCUT2D eigenvalue weighted by Gasteiger charge is 2.44. The molecule has 65 heavy (non-hydrogen) atoms. The number of fused-ring (bicyclic) bond motifs is 9. The Hall–Kier alpha value is -7.94. The fraction of sp³-hybridized carbons (Fsp3) is 0.0794. The van der Waals surface area contributed by atoms with Crippen molar-refractivity contribution in [1.82, 2.24) is 4.57 Å². The largest absolute Gasteiger partial charge is 0.310 e. The van der Waals surface area contributed by atoms with Gasteiger partial charge in [0.15, 0.2) is 0 Å². The zero-order chi connectivity index (χ0) is 42.9. The number of para-hydroxylation sites is 3. The highest BCUT2D eigenvalue weighted by Crippen LogP contribution is 2.57. The van der Waals surface area contributed by atoms with E-state index in [1.165, 1.54) is 114 Å². The maximum Gasteiger partial charge on any atom is 0.0547 e. The van der Waals surface area contributed by atoms with Crippen LogP contribution in [0.1, 0.15) is 36.8 Å². The lowest BCUT2D eigenvalue weighted by Crippen LogP contribution is -2.20. The second-order valence-electron chi connectivity index (χ2n) is 18.0. The van der Waals surface area contributed by atoms with Crippen LogP contribution in [0.4, 0.5) is 17.1 Å². The molecule has 2 nitrogen and oxygen atoms in total. The highest BCUT2D eigenvalue weighted by molar-refractivity contribution is 6.10. The van der Waals surface area contributed by atoms with Crippen molar-refractivity contribution >= 4 is 49.6 Å². The first kappa shape index (κ1) is 37.6. The molecule has 0 amide bonds. The van der Waals surface area contributed by atoms with Crippen molar-refractivity contribution in [3.05, 3.63) is 242 Å². The SMILES string of the molecule is c1ccc(-n2c3ccccc3c3ccc(-c4ccc(N(c5ccc(-c6ccc7c(c6)C6(CCCC6)c6ccccc6-7)cc5)c5ccccc5-c5cccc6ccccc56)cc4)cc32)cc1. The summed E-state index contributed by atoms with van der Waals surface area (Å²) in [6.07, 6.45) is 5.05. The third kappa shape index (κ3) is 6.01. The number of nitrogens with zero attached hydrogens (tertiary/aromatic N) is 2. The Balaban J connectivity index is 0.923. The Kier molecular flexibility index (Phi) is 8.74. The van der Waals surface area contributed by atoms with E-state index >= 15 is 0 Å². The summed E-state index contributed by atoms with van der Waals surface area (Å²) in [5.74, 6) is 0. The molecule has 13 rings (SSSR count). The van der Waals surface area contributed by atoms with Crippen LogP contribution in [0.2, 0.25) is 0 Å². The van der Waals surface area contributed by atoms with E-state index < -0.39 is 0 Å². The summed E-state index contributed by atoms with van der Waals surface area (Å²) in [7, 11) is 0. The molecule has 1 aromatic heterocycles. The molecule has 1 fully saturated rings. The molecule has 1 spiro atoms. The first-order valence-corrected chi connectivity index (χ1v) is 23.1. The Morgan fingerprint density at radius 3 is 1.69 bits per heavy atom. The third-order valence-electron chi connectivity index (χ3n) is 14.6. The van der Waals surface area contributed by atoms with Crippen molar-refractivity contribution in [2.45, 2.75) is 31.1 Å². The van der Waals surface area contributed by atoms with E-state index in [4.69, 9.17) is 0 Å². The molecule has 0 bridgehead atoms. The van der Waals surface area contributed by atoms with Crippen LogP contribution in [-0.2, 0) is 5.41 Å². The molecule has 0 N–H and O–H groups in total. The van der Waals surface area contributed by atoms with Gasteiger partial charge in [-0.2, -0.15) is 0 Å². The predicted molar refractivity (Wildman–Crippen MR) is 274 cm³/mol. The second kappa shape index (κ2) is 15.1. The standard InChI is InChI=1S/C63H46N2/c1-2-17-48(18-3-1)65-61-26-11-8-22-56(61)57-38-32-47(42-62(57)65)44-29-35-50(36-30-44)64(60-25-10-7-21-55(60)52-23-14-16-45-15-4-5-19-51(45)52)49-33-27-43(28-34-49)46-31-37-54-53-20-6-9-24-58(53)63(59(54)41-46)39-12-13-40-63/h1-11,14-38,41-42H,12-13,39-40H2. The van der Waals surface area contributed by atoms with Gasteiger partial charge in [0.05, 0.1) is 16.7 Å². The fourth-order valence-electron chi connectivity index (χ4n) is 11.5. The molecule has 0 radical (unpaired) electrons. The van der Waals surface area contributed by atoms with Crippen LogP contribution in [-0.4, -0.2) is 4.57 Å². The van der Waals surface area contributed by atoms with E-state index in [1.807, 2.05) is 0 Å². The second-order valence-corrected chi connectivity index (χ2v) is 18.0. The van der Waals surface area contributed by atoms with E-state index in [9.17, 15) is 0 Å². The van der Waals surface area contributed by atoms with Gasteiger partial charge >= 0.3 is 0 Å². The minimum Gasteiger partial charge on any atom is -0.310 e. The quantitative estimate of drug-likeness (QED) is 0.155. The van der Waals surface area contributed by atoms with Crippen LogP contribution in [0.15, 0.2) is 231 Å². The van der Waals surface area contributed by atoms with Crippen molar-refractivity contribution in [2.75, 3.05) is 4.90 Å². The maximum absolute atomic E-state index is 2.51. The van der Waals surface area contributed by atoms with E-state index in [0.717, 1.165) is 22.7 Å². The molecule has 2 heteroatoms. The van der Waals surface area contributed by atoms with Crippen LogP contribution in [0.3, 0.4) is 0 Å². The monoisotopic (exact) mass is 830 g/mol. The van der Waals surface area contributed by atoms with Crippen LogP contribution < -0.4 is 4.90 Å². The molecule has 2 aliphatic carbocycles. The van der Waals surface area contributed by atoms with E-state index in [2.05, 4.69) is 240 Å². The van der Waals surface area contributed by atoms with Gasteiger partial charge in [-0.15, -0.1) is 0 Å². The highest BCUT2D eigenvalue weighted by atomic mass is 15.1. The molecule has 308 valence electrons. The van der Waals surface area contributed by atoms with Gasteiger partial charge < -0.3 is 9.47 Å². The molecule has 1 heterocycles. The molecule has 11 aromatic rings. The Morgan fingerprint density at radius 1 is 0.354 bits per heavy atom. The van der Waals surface area contributed by atoms with Gasteiger partial charge in [0.1, 0.15) is 0 Å². The summed E-state index contributed by atoms with van der Waals surface area (Å²) in [6, 6.07) is 85.4. The van der Waals surface area contributed by atoms with Crippen molar-refractivity contribution in [1.29, 1.82) is 0 Å². The number of hydrogen-bond acceptors (Lipinski definition) is 1. The molecule has 0 saturated heterocycles. The summed E-state index contributed by atoms with van der Waals surface area (Å²) in [4.78, 5) is 2.44. The van der Waals surface area contributed by atoms with Gasteiger partial charge in [0, 0.05) is 38.8 Å². The van der Waals surface area contributed by atoms with Gasteiger partial charge in [0.2, 0.25) is 0 Å². The lowest BCUT2D eigenvalue weighted by atomic mass is 9.76. The summed E-state index contributed by atoms with van der Waals surface area (Å²) >= 11 is 0. The van der Waals surface area contributed by atoms with Gasteiger partial charge in [-0.1, -0.05) is 183 Å². The zero-order valence-corrected chi connectivity index (χ0v) is 36.2. The Bertz CT molecular complexity index is 3580. The minimum atomic E-state index is 0.141. The number of hydrogen-bond donors (Lipinski definition) is 0. The van der Waals surface area contributed by atoms with Crippen molar-refractivity contribution in [3.8, 4) is 50.2 Å². The fourth-order valence-corrected chi connectivity index (χ4v) is 11.5. The molecule has 0 unspecified atom stereocenters. The van der Waals surface area contributed by atoms with E-state index in [1.54, 1.807) is 0 Å². The molecular weight excluding hydrogens is 785 g/mol. The van der Waals surface area contributed by atoms with Crippen LogP contribution in [0, 0.1) is 0 Å². The molecule has 10 aromatic carbocycles. The van der Waals surface area contributed by atoms with Gasteiger partial charge in [-0.3, -0.25) is 0 Å². The minimum absolute atomic E-state index is 0.141. The number of aromatic nitrogens is 1. The molecule has 1 saturated carbocycles. The topological polar surface area (TPSA) is 8.17 Å². The van der Waals surface area contributed by atoms with Crippen molar-refractivity contribution in [2.24, 2.45) is 0 Å². The van der Waals surface area contributed by atoms with Crippen LogP contribution in [0.25, 0.3) is 82.8 Å². The first-order chi connectivity index (χ1) is 32.2. The lowest BCUT2D eigenvalue weighted by Gasteiger charge is -2.29. The Labute approximate surface area is 380 Å². The van der Waals surface area contributed by atoms with Crippen LogP contribution in [0.5, 0.6) is 0 Å². The average Bonchev–Trinajstić information content (AvgIpc) is 4.08. The third-order valence-corrected chi connectivity index (χ3v) is 14.6. The van der Waals surface area contributed by atoms with Crippen molar-refractivity contribution in [3.63, 3.8) is 0 Å². The van der Waals surface area contributed by atoms with E-state index in [-0.39, 0.29) is 5.41 Å². The lowest BCUT2D eigenvalue weighted by molar-refractivity contribution is 0.550.